The fourth-order valence-electron chi connectivity index (χ4n) is 19.4. The zero-order valence-corrected chi connectivity index (χ0v) is 78.0. The van der Waals surface area contributed by atoms with E-state index >= 15 is 0 Å². The van der Waals surface area contributed by atoms with Crippen LogP contribution in [0, 0.1) is 11.6 Å². The molecule has 20 rings (SSSR count). The number of hydrogen-bond acceptors (Lipinski definition) is 18. The fraction of sp³-hybridized carbons (Fsp3) is 0.292. The number of carbonyl (C=O) groups is 15. The zero-order valence-electron chi connectivity index (χ0n) is 76.4. The number of carbonyl (C=O) groups excluding carboxylic acids is 13. The normalized spacial score (nSPS) is 16.8. The summed E-state index contributed by atoms with van der Waals surface area (Å²) in [5.41, 5.74) is 23.2. The van der Waals surface area contributed by atoms with Crippen molar-refractivity contribution in [3.63, 3.8) is 0 Å². The summed E-state index contributed by atoms with van der Waals surface area (Å²) in [4.78, 5) is 199. The highest BCUT2D eigenvalue weighted by Gasteiger charge is 2.37. The molecule has 10 aliphatic rings. The van der Waals surface area contributed by atoms with Crippen LogP contribution in [0.5, 0.6) is 0 Å². The number of ketones is 5. The molecular weight excluding hydrogens is 1850 g/mol. The number of aryl methyl sites for hydroxylation is 5. The number of halogens is 3. The quantitative estimate of drug-likeness (QED) is 0.0161. The predicted molar refractivity (Wildman–Crippen MR) is 519 cm³/mol. The molecule has 0 radical (unpaired) electrons. The molecule has 0 unspecified atom stereocenters. The molecule has 139 heavy (non-hydrogen) atoms. The first kappa shape index (κ1) is 96.7. The van der Waals surface area contributed by atoms with Gasteiger partial charge in [0.25, 0.3) is 29.5 Å². The van der Waals surface area contributed by atoms with E-state index in [1.165, 1.54) is 36.4 Å². The Morgan fingerprint density at radius 2 is 0.554 bits per heavy atom. The van der Waals surface area contributed by atoms with Gasteiger partial charge in [-0.2, -0.15) is 0 Å². The Labute approximate surface area is 803 Å². The van der Waals surface area contributed by atoms with Crippen LogP contribution in [-0.2, 0) is 126 Å². The van der Waals surface area contributed by atoms with Crippen molar-refractivity contribution in [2.45, 2.75) is 181 Å². The molecule has 0 saturated carbocycles. The van der Waals surface area contributed by atoms with Crippen LogP contribution >= 0.6 is 15.9 Å². The summed E-state index contributed by atoms with van der Waals surface area (Å²) in [6.07, 6.45) is 20.5. The summed E-state index contributed by atoms with van der Waals surface area (Å²) >= 11 is 3.45. The molecule has 714 valence electrons. The minimum absolute atomic E-state index is 0.0140. The molecule has 5 aliphatic carbocycles. The third kappa shape index (κ3) is 21.3. The van der Waals surface area contributed by atoms with Gasteiger partial charge in [0.05, 0.1) is 47.7 Å². The van der Waals surface area contributed by atoms with Crippen LogP contribution in [0.2, 0.25) is 0 Å². The van der Waals surface area contributed by atoms with Crippen molar-refractivity contribution < 1.29 is 105 Å². The van der Waals surface area contributed by atoms with Gasteiger partial charge in [-0.25, -0.2) is 8.78 Å². The minimum Gasteiger partial charge on any atom is -0.481 e. The van der Waals surface area contributed by atoms with Gasteiger partial charge in [0, 0.05) is 210 Å². The number of para-hydroxylation sites is 2. The van der Waals surface area contributed by atoms with Crippen LogP contribution in [0.1, 0.15) is 281 Å². The van der Waals surface area contributed by atoms with Gasteiger partial charge < -0.3 is 75.9 Å². The molecule has 0 spiro atoms. The fourth-order valence-corrected chi connectivity index (χ4v) is 19.8. The largest absolute Gasteiger partial charge is 0.481 e. The number of carboxylic acid groups (broad SMARTS) is 2. The van der Waals surface area contributed by atoms with Crippen LogP contribution in [-0.4, -0.2) is 143 Å². The third-order valence-corrected chi connectivity index (χ3v) is 26.1. The molecule has 0 saturated heterocycles. The molecule has 5 aromatic carbocycles. The van der Waals surface area contributed by atoms with Crippen molar-refractivity contribution >= 4 is 191 Å². The number of aromatic nitrogens is 5. The molecule has 0 atom stereocenters. The smallest absolute Gasteiger partial charge is 0.306 e. The van der Waals surface area contributed by atoms with Gasteiger partial charge in [0.2, 0.25) is 0 Å². The van der Waals surface area contributed by atoms with Gasteiger partial charge in [0.15, 0.2) is 28.9 Å². The van der Waals surface area contributed by atoms with Crippen LogP contribution < -0.4 is 26.6 Å². The van der Waals surface area contributed by atoms with E-state index in [1.807, 2.05) is 66.7 Å². The standard InChI is InChI=1S/C22H21BrN2O4.C22H21FN2O4.C22H22N2O4.C20H17FN2O4.C20H18N2O4/c2*1-2-29-20(27)9-7-13-18(24-17-4-3-5-19(26)21(13)17)11-15-14-10-12(23)6-8-16(14)25-22(15)28;1-2-28-20(26)11-10-14-18(23-17-8-5-9-19(25)21(14)17)12-15-13-6-3-4-7-16(13)24-22(15)27;21-10-4-6-14-12(8-10)13(20(27)23-14)9-16-11(5-7-18(25)26)19-15(22-16)2-1-3-17(19)24;23-17-7-3-6-15-19(17)12(8-9-18(24)25)16(21-15)10-13-11-4-1-2-5-14(11)22-20(13)26/h2*6,8,10-11,24H,2-5,7,9H2,1H3,(H,25,28);3-4,6-7,12,23H,2,5,8-11H2,1H3,(H,24,27);4,6,8-9,22H,1-3,5,7H2,(H,23,27)(H,25,26);1-2,4-5,10,21H,3,6-9H2,(H,22,26)(H,24,25). The first-order valence-corrected chi connectivity index (χ1v) is 47.3. The SMILES string of the molecule is CCOC(=O)CCc1c(C=C2C(=O)Nc3ccc(Br)cc32)[nH]c2c1C(=O)CCC2.CCOC(=O)CCc1c(C=C2C(=O)Nc3ccc(F)cc32)[nH]c2c1C(=O)CCC2.CCOC(=O)CCc1c(C=C2C(=O)Nc3ccccc32)[nH]c2c1C(=O)CCC2.O=C(O)CCc1c(C=C2C(=O)Nc3ccc(F)cc32)[nH]c2c1C(=O)CCC2.O=C(O)CCc1c(C=C2C(=O)Nc3ccccc32)[nH]c2c1C(=O)CCC2. The number of nitrogens with one attached hydrogen (secondary N) is 10. The van der Waals surface area contributed by atoms with E-state index < -0.39 is 23.6 Å². The summed E-state index contributed by atoms with van der Waals surface area (Å²) in [5, 5.41) is 32.1. The molecule has 30 nitrogen and oxygen atoms in total. The maximum Gasteiger partial charge on any atom is 0.306 e. The van der Waals surface area contributed by atoms with Crippen LogP contribution in [0.4, 0.5) is 37.2 Å². The number of carboxylic acids is 2. The highest BCUT2D eigenvalue weighted by Crippen LogP contribution is 2.44. The lowest BCUT2D eigenvalue weighted by Gasteiger charge is -2.11. The summed E-state index contributed by atoms with van der Waals surface area (Å²) in [6, 6.07) is 28.7. The van der Waals surface area contributed by atoms with Gasteiger partial charge >= 0.3 is 29.8 Å². The average molecular weight is 1950 g/mol. The number of ether oxygens (including phenoxy) is 3. The molecule has 10 aromatic rings. The Balaban J connectivity index is 0.000000126. The summed E-state index contributed by atoms with van der Waals surface area (Å²) in [6.45, 7) is 6.23. The molecule has 5 aliphatic heterocycles. The number of esters is 3. The van der Waals surface area contributed by atoms with E-state index in [0.717, 1.165) is 141 Å². The third-order valence-electron chi connectivity index (χ3n) is 25.6. The van der Waals surface area contributed by atoms with E-state index in [1.54, 1.807) is 51.2 Å². The first-order chi connectivity index (χ1) is 67.0. The maximum absolute atomic E-state index is 13.7. The lowest BCUT2D eigenvalue weighted by Crippen LogP contribution is -2.12. The topological polar surface area (TPSA) is 463 Å². The number of Topliss-reactive ketones (excluding diaryl/α,β-unsaturated/α-hetero) is 5. The van der Waals surface area contributed by atoms with Gasteiger partial charge in [-0.3, -0.25) is 71.9 Å². The van der Waals surface area contributed by atoms with Crippen LogP contribution in [0.15, 0.2) is 108 Å². The van der Waals surface area contributed by atoms with Gasteiger partial charge in [-0.15, -0.1) is 0 Å². The van der Waals surface area contributed by atoms with E-state index in [9.17, 15) is 80.7 Å². The molecule has 5 aromatic heterocycles. The number of H-pyrrole nitrogens is 5. The van der Waals surface area contributed by atoms with E-state index in [4.69, 9.17) is 24.4 Å². The Bertz CT molecular complexity index is 6830. The average Bonchev–Trinajstić information content (AvgIpc) is 1.64. The molecule has 5 amide bonds. The van der Waals surface area contributed by atoms with Crippen molar-refractivity contribution in [2.24, 2.45) is 0 Å². The first-order valence-electron chi connectivity index (χ1n) is 46.5. The van der Waals surface area contributed by atoms with E-state index in [0.29, 0.717) is 190 Å². The summed E-state index contributed by atoms with van der Waals surface area (Å²) < 4.78 is 43.3. The number of rotatable bonds is 23. The van der Waals surface area contributed by atoms with Crippen LogP contribution in [0.25, 0.3) is 58.2 Å². The summed E-state index contributed by atoms with van der Waals surface area (Å²) in [5.74, 6) is -4.69. The molecule has 10 heterocycles. The Kier molecular flexibility index (Phi) is 29.5. The number of fused-ring (bicyclic) bond motifs is 10. The van der Waals surface area contributed by atoms with Gasteiger partial charge in [0.1, 0.15) is 11.6 Å². The lowest BCUT2D eigenvalue weighted by molar-refractivity contribution is -0.144. The van der Waals surface area contributed by atoms with Crippen LogP contribution in [0.3, 0.4) is 0 Å². The van der Waals surface area contributed by atoms with Crippen molar-refractivity contribution in [3.8, 4) is 0 Å². The van der Waals surface area contributed by atoms with Crippen molar-refractivity contribution in [1.29, 1.82) is 0 Å². The second kappa shape index (κ2) is 42.5. The molecule has 33 heteroatoms. The second-order valence-corrected chi connectivity index (χ2v) is 35.6. The molecular formula is C106H99BrF2N10O20. The van der Waals surface area contributed by atoms with Crippen molar-refractivity contribution in [1.82, 2.24) is 24.9 Å². The Morgan fingerprint density at radius 3 is 0.820 bits per heavy atom. The number of amides is 5. The zero-order chi connectivity index (χ0) is 98.1. The van der Waals surface area contributed by atoms with Gasteiger partial charge in [-0.1, -0.05) is 52.3 Å². The minimum atomic E-state index is -0.960. The Hall–Kier alpha value is -15.4. The highest BCUT2D eigenvalue weighted by molar-refractivity contribution is 9.10. The lowest BCUT2D eigenvalue weighted by atomic mass is 9.91. The van der Waals surface area contributed by atoms with Crippen molar-refractivity contribution in [3.05, 3.63) is 260 Å². The summed E-state index contributed by atoms with van der Waals surface area (Å²) in [7, 11) is 0. The predicted octanol–water partition coefficient (Wildman–Crippen LogP) is 17.7. The van der Waals surface area contributed by atoms with Crippen molar-refractivity contribution in [2.75, 3.05) is 46.4 Å². The number of aliphatic carboxylic acids is 2. The molecule has 0 fully saturated rings. The second-order valence-electron chi connectivity index (χ2n) is 34.7. The van der Waals surface area contributed by atoms with E-state index in [2.05, 4.69) is 67.4 Å². The Morgan fingerprint density at radius 1 is 0.317 bits per heavy atom. The number of anilines is 5. The number of benzene rings is 5. The molecule has 0 bridgehead atoms. The monoisotopic (exact) mass is 1950 g/mol. The number of aromatic amines is 5. The van der Waals surface area contributed by atoms with Gasteiger partial charge in [-0.05, 0) is 242 Å². The van der Waals surface area contributed by atoms with E-state index in [-0.39, 0.29) is 127 Å². The highest BCUT2D eigenvalue weighted by atomic mass is 79.9. The number of hydrogen-bond donors (Lipinski definition) is 12. The maximum atomic E-state index is 13.7. The molecule has 12 N–H and O–H groups in total.